The van der Waals surface area contributed by atoms with E-state index in [0.717, 1.165) is 0 Å². The smallest absolute Gasteiger partial charge is 0.288 e. The van der Waals surface area contributed by atoms with Crippen molar-refractivity contribution in [1.29, 1.82) is 0 Å². The number of nitrogens with zero attached hydrogens (tertiary/aromatic N) is 6. The zero-order valence-electron chi connectivity index (χ0n) is 15.0. The molecule has 2 N–H and O–H groups in total. The van der Waals surface area contributed by atoms with Crippen LogP contribution in [0.2, 0.25) is 0 Å². The zero-order chi connectivity index (χ0) is 20.8. The summed E-state index contributed by atoms with van der Waals surface area (Å²) in [7, 11) is 0. The third kappa shape index (κ3) is 2.70. The summed E-state index contributed by atoms with van der Waals surface area (Å²) in [6, 6.07) is 10.8. The van der Waals surface area contributed by atoms with Gasteiger partial charge in [-0.3, -0.25) is 14.9 Å². The molecule has 0 spiro atoms. The van der Waals surface area contributed by atoms with E-state index >= 15 is 0 Å². The monoisotopic (exact) mass is 406 g/mol. The molecule has 30 heavy (non-hydrogen) atoms. The van der Waals surface area contributed by atoms with E-state index in [1.54, 1.807) is 6.07 Å². The van der Waals surface area contributed by atoms with E-state index in [1.165, 1.54) is 47.1 Å². The summed E-state index contributed by atoms with van der Waals surface area (Å²) in [4.78, 5) is 23.3. The van der Waals surface area contributed by atoms with E-state index in [2.05, 4.69) is 31.0 Å². The van der Waals surface area contributed by atoms with Crippen molar-refractivity contribution in [2.75, 3.05) is 5.32 Å². The number of halogens is 1. The standard InChI is InChI=1S/C18H11FN8O3/c19-11-6-4-9(5-7-11)14-13-15(17(28)22-21-14)20-18-23-24-25-26(18)16(13)10-2-1-3-12(8-10)27(29)30/h1-8,16H,(H,22,28)(H,20,23,25)/t16-/m0/s1. The van der Waals surface area contributed by atoms with Gasteiger partial charge in [-0.05, 0) is 40.3 Å². The SMILES string of the molecule is O=c1[nH]nc(-c2ccc(F)cc2)c2c1Nc1nnnn1[C@H]2c1cccc([N+](=O)[O-])c1. The third-order valence-corrected chi connectivity index (χ3v) is 4.78. The number of hydrogen-bond acceptors (Lipinski definition) is 8. The number of aromatic amines is 1. The Morgan fingerprint density at radius 3 is 2.73 bits per heavy atom. The molecule has 0 unspecified atom stereocenters. The first-order valence-corrected chi connectivity index (χ1v) is 8.70. The van der Waals surface area contributed by atoms with Gasteiger partial charge in [-0.25, -0.2) is 9.49 Å². The molecule has 0 saturated heterocycles. The maximum atomic E-state index is 13.4. The van der Waals surface area contributed by atoms with Gasteiger partial charge in [0.05, 0.1) is 10.6 Å². The quantitative estimate of drug-likeness (QED) is 0.343. The molecule has 0 radical (unpaired) electrons. The summed E-state index contributed by atoms with van der Waals surface area (Å²) >= 11 is 0. The minimum Gasteiger partial charge on any atom is -0.318 e. The highest BCUT2D eigenvalue weighted by atomic mass is 19.1. The lowest BCUT2D eigenvalue weighted by atomic mass is 9.92. The van der Waals surface area contributed by atoms with Crippen LogP contribution in [0, 0.1) is 15.9 Å². The molecule has 5 rings (SSSR count). The molecule has 2 aromatic carbocycles. The normalized spacial score (nSPS) is 14.5. The fraction of sp³-hybridized carbons (Fsp3) is 0.0556. The van der Waals surface area contributed by atoms with Crippen LogP contribution >= 0.6 is 0 Å². The molecule has 2 aromatic heterocycles. The van der Waals surface area contributed by atoms with Crippen LogP contribution in [0.15, 0.2) is 53.3 Å². The Balaban J connectivity index is 1.81. The molecule has 3 heterocycles. The lowest BCUT2D eigenvalue weighted by molar-refractivity contribution is -0.384. The summed E-state index contributed by atoms with van der Waals surface area (Å²) < 4.78 is 14.8. The predicted molar refractivity (Wildman–Crippen MR) is 102 cm³/mol. The van der Waals surface area contributed by atoms with E-state index in [1.807, 2.05) is 0 Å². The third-order valence-electron chi connectivity index (χ3n) is 4.78. The Hall–Kier alpha value is -4.48. The summed E-state index contributed by atoms with van der Waals surface area (Å²) in [6.45, 7) is 0. The van der Waals surface area contributed by atoms with Crippen molar-refractivity contribution < 1.29 is 9.31 Å². The molecule has 0 amide bonds. The van der Waals surface area contributed by atoms with Gasteiger partial charge in [0.2, 0.25) is 5.95 Å². The number of nitro benzene ring substituents is 1. The van der Waals surface area contributed by atoms with Crippen molar-refractivity contribution in [1.82, 2.24) is 30.4 Å². The van der Waals surface area contributed by atoms with Crippen LogP contribution in [0.25, 0.3) is 11.3 Å². The molecular formula is C18H11FN8O3. The highest BCUT2D eigenvalue weighted by Gasteiger charge is 2.34. The summed E-state index contributed by atoms with van der Waals surface area (Å²) in [6.07, 6.45) is 0. The number of fused-ring (bicyclic) bond motifs is 2. The maximum absolute atomic E-state index is 13.4. The molecule has 0 fully saturated rings. The van der Waals surface area contributed by atoms with Crippen molar-refractivity contribution >= 4 is 17.3 Å². The van der Waals surface area contributed by atoms with Gasteiger partial charge in [0.1, 0.15) is 17.5 Å². The van der Waals surface area contributed by atoms with Gasteiger partial charge in [-0.2, -0.15) is 9.78 Å². The van der Waals surface area contributed by atoms with Crippen molar-refractivity contribution in [2.24, 2.45) is 0 Å². The Kier molecular flexibility index (Phi) is 3.84. The molecule has 0 aliphatic carbocycles. The first-order chi connectivity index (χ1) is 14.5. The lowest BCUT2D eigenvalue weighted by Gasteiger charge is -2.27. The summed E-state index contributed by atoms with van der Waals surface area (Å²) in [5.41, 5.74) is 1.31. The van der Waals surface area contributed by atoms with E-state index in [-0.39, 0.29) is 17.3 Å². The first kappa shape index (κ1) is 17.6. The Bertz CT molecular complexity index is 1350. The van der Waals surface area contributed by atoms with Crippen molar-refractivity contribution in [3.05, 3.63) is 85.9 Å². The number of nitrogens with one attached hydrogen (secondary N) is 2. The Morgan fingerprint density at radius 1 is 1.17 bits per heavy atom. The molecule has 1 aliphatic heterocycles. The number of nitro groups is 1. The van der Waals surface area contributed by atoms with Crippen LogP contribution in [0.3, 0.4) is 0 Å². The van der Waals surface area contributed by atoms with Gasteiger partial charge in [-0.1, -0.05) is 17.2 Å². The van der Waals surface area contributed by atoms with Gasteiger partial charge in [0, 0.05) is 23.3 Å². The second-order valence-corrected chi connectivity index (χ2v) is 6.52. The average molecular weight is 406 g/mol. The van der Waals surface area contributed by atoms with Crippen LogP contribution in [-0.4, -0.2) is 35.3 Å². The molecule has 148 valence electrons. The molecule has 1 aliphatic rings. The Morgan fingerprint density at radius 2 is 1.97 bits per heavy atom. The van der Waals surface area contributed by atoms with Crippen molar-refractivity contribution in [3.63, 3.8) is 0 Å². The average Bonchev–Trinajstić information content (AvgIpc) is 3.22. The molecule has 12 heteroatoms. The van der Waals surface area contributed by atoms with Gasteiger partial charge < -0.3 is 5.32 Å². The second-order valence-electron chi connectivity index (χ2n) is 6.52. The fourth-order valence-electron chi connectivity index (χ4n) is 3.48. The first-order valence-electron chi connectivity index (χ1n) is 8.70. The molecule has 11 nitrogen and oxygen atoms in total. The molecular weight excluding hydrogens is 395 g/mol. The van der Waals surface area contributed by atoms with Crippen LogP contribution in [-0.2, 0) is 0 Å². The van der Waals surface area contributed by atoms with E-state index < -0.39 is 22.3 Å². The number of benzene rings is 2. The zero-order valence-corrected chi connectivity index (χ0v) is 15.0. The second kappa shape index (κ2) is 6.55. The van der Waals surface area contributed by atoms with Gasteiger partial charge in [-0.15, -0.1) is 0 Å². The number of non-ortho nitro benzene ring substituents is 1. The van der Waals surface area contributed by atoms with E-state index in [4.69, 9.17) is 0 Å². The largest absolute Gasteiger partial charge is 0.318 e. The van der Waals surface area contributed by atoms with Crippen LogP contribution in [0.4, 0.5) is 21.7 Å². The number of anilines is 2. The van der Waals surface area contributed by atoms with E-state index in [0.29, 0.717) is 22.4 Å². The molecule has 4 aromatic rings. The lowest BCUT2D eigenvalue weighted by Crippen LogP contribution is -2.29. The number of aromatic nitrogens is 6. The fourth-order valence-corrected chi connectivity index (χ4v) is 3.48. The minimum absolute atomic E-state index is 0.122. The van der Waals surface area contributed by atoms with Crippen LogP contribution in [0.1, 0.15) is 17.2 Å². The van der Waals surface area contributed by atoms with Crippen LogP contribution in [0.5, 0.6) is 0 Å². The van der Waals surface area contributed by atoms with Gasteiger partial charge >= 0.3 is 0 Å². The number of rotatable bonds is 3. The molecule has 0 bridgehead atoms. The highest BCUT2D eigenvalue weighted by Crippen LogP contribution is 2.41. The Labute approximate surface area is 166 Å². The highest BCUT2D eigenvalue weighted by molar-refractivity contribution is 5.75. The van der Waals surface area contributed by atoms with Crippen molar-refractivity contribution in [3.8, 4) is 11.3 Å². The number of hydrogen-bond donors (Lipinski definition) is 2. The van der Waals surface area contributed by atoms with Gasteiger partial charge in [0.25, 0.3) is 11.2 Å². The minimum atomic E-state index is -0.777. The number of H-pyrrole nitrogens is 1. The maximum Gasteiger partial charge on any atom is 0.288 e. The topological polar surface area (TPSA) is 145 Å². The van der Waals surface area contributed by atoms with Crippen molar-refractivity contribution in [2.45, 2.75) is 6.04 Å². The van der Waals surface area contributed by atoms with Gasteiger partial charge in [0.15, 0.2) is 0 Å². The van der Waals surface area contributed by atoms with E-state index in [9.17, 15) is 19.3 Å². The molecule has 1 atom stereocenters. The predicted octanol–water partition coefficient (Wildman–Crippen LogP) is 2.17. The summed E-state index contributed by atoms with van der Waals surface area (Å²) in [5.74, 6) is -0.228. The summed E-state index contributed by atoms with van der Waals surface area (Å²) in [5, 5.41) is 32.3. The number of tetrazole rings is 1. The van der Waals surface area contributed by atoms with Crippen LogP contribution < -0.4 is 10.9 Å². The molecule has 0 saturated carbocycles.